The number of rotatable bonds is 9. The molecule has 27 heavy (non-hydrogen) atoms. The number of hydrogen-bond acceptors (Lipinski definition) is 10. The molecule has 3 atom stereocenters. The van der Waals surface area contributed by atoms with Gasteiger partial charge in [0.2, 0.25) is 5.95 Å². The van der Waals surface area contributed by atoms with Crippen molar-refractivity contribution in [1.82, 2.24) is 19.6 Å². The predicted molar refractivity (Wildman–Crippen MR) is 88.2 cm³/mol. The Labute approximate surface area is 151 Å². The zero-order chi connectivity index (χ0) is 20.5. The van der Waals surface area contributed by atoms with Gasteiger partial charge in [0, 0.05) is 12.0 Å². The van der Waals surface area contributed by atoms with Crippen LogP contribution in [0.4, 0.5) is 5.95 Å². The summed E-state index contributed by atoms with van der Waals surface area (Å²) < 4.78 is 47.4. The molecule has 0 spiro atoms. The van der Waals surface area contributed by atoms with Crippen molar-refractivity contribution in [2.24, 2.45) is 0 Å². The second-order valence-electron chi connectivity index (χ2n) is 5.21. The van der Waals surface area contributed by atoms with E-state index in [0.29, 0.717) is 11.2 Å². The molecule has 0 aliphatic rings. The molecule has 0 aliphatic carbocycles. The topological polar surface area (TPSA) is 229 Å². The number of anilines is 1. The molecule has 0 saturated carbocycles. The fourth-order valence-corrected chi connectivity index (χ4v) is 5.33. The van der Waals surface area contributed by atoms with Gasteiger partial charge in [0.15, 0.2) is 5.65 Å². The quantitative estimate of drug-likeness (QED) is 0.319. The first-order valence-electron chi connectivity index (χ1n) is 6.95. The molecule has 2 unspecified atom stereocenters. The van der Waals surface area contributed by atoms with E-state index in [1.807, 2.05) is 0 Å². The summed E-state index contributed by atoms with van der Waals surface area (Å²) >= 11 is 0. The number of aromatic nitrogens is 4. The fourth-order valence-electron chi connectivity index (χ4n) is 1.95. The van der Waals surface area contributed by atoms with Crippen LogP contribution in [0, 0.1) is 0 Å². The van der Waals surface area contributed by atoms with E-state index >= 15 is 0 Å². The third-order valence-corrected chi connectivity index (χ3v) is 6.87. The van der Waals surface area contributed by atoms with Gasteiger partial charge in [-0.15, -0.1) is 0 Å². The van der Waals surface area contributed by atoms with Crippen LogP contribution in [0.5, 0.6) is 0 Å². The molecule has 0 fully saturated rings. The smallest absolute Gasteiger partial charge is 0.368 e. The first-order valence-corrected chi connectivity index (χ1v) is 11.7. The van der Waals surface area contributed by atoms with Crippen molar-refractivity contribution in [2.45, 2.75) is 19.4 Å². The van der Waals surface area contributed by atoms with E-state index < -0.39 is 35.7 Å². The van der Waals surface area contributed by atoms with Gasteiger partial charge >= 0.3 is 23.2 Å². The Balaban J connectivity index is 1.96. The highest BCUT2D eigenvalue weighted by Crippen LogP contribution is 2.65. The van der Waals surface area contributed by atoms with Crippen molar-refractivity contribution < 1.29 is 46.6 Å². The Morgan fingerprint density at radius 2 is 1.85 bits per heavy atom. The number of nitrogens with two attached hydrogens (primary N) is 1. The van der Waals surface area contributed by atoms with Crippen molar-refractivity contribution in [3.05, 3.63) is 18.1 Å². The highest BCUT2D eigenvalue weighted by atomic mass is 31.3. The fraction of sp³-hybridized carbons (Fsp3) is 0.444. The van der Waals surface area contributed by atoms with E-state index in [9.17, 15) is 18.6 Å². The molecule has 0 radical (unpaired) electrons. The summed E-state index contributed by atoms with van der Waals surface area (Å²) in [7, 11) is -15.8. The van der Waals surface area contributed by atoms with Gasteiger partial charge in [-0.05, 0) is 6.92 Å². The van der Waals surface area contributed by atoms with Crippen LogP contribution >= 0.6 is 23.2 Å². The second-order valence-corrected chi connectivity index (χ2v) is 9.97. The lowest BCUT2D eigenvalue weighted by molar-refractivity contribution is 0.0879. The van der Waals surface area contributed by atoms with Gasteiger partial charge in [-0.1, -0.05) is 0 Å². The van der Waals surface area contributed by atoms with Gasteiger partial charge in [-0.2, -0.15) is 13.9 Å². The first kappa shape index (κ1) is 22.1. The molecule has 0 saturated heterocycles. The van der Waals surface area contributed by atoms with Crippen LogP contribution in [-0.4, -0.2) is 51.6 Å². The zero-order valence-corrected chi connectivity index (χ0v) is 16.3. The maximum Gasteiger partial charge on any atom is 0.488 e. The summed E-state index contributed by atoms with van der Waals surface area (Å²) in [6.45, 7) is 1.53. The minimum absolute atomic E-state index is 0.108. The highest BCUT2D eigenvalue weighted by Gasteiger charge is 2.39. The third-order valence-electron chi connectivity index (χ3n) is 2.87. The minimum Gasteiger partial charge on any atom is -0.368 e. The summed E-state index contributed by atoms with van der Waals surface area (Å²) in [5.41, 5.74) is 6.62. The van der Waals surface area contributed by atoms with E-state index in [2.05, 4.69) is 23.7 Å². The molecular weight excluding hydrogens is 431 g/mol. The van der Waals surface area contributed by atoms with E-state index in [-0.39, 0.29) is 12.4 Å². The van der Waals surface area contributed by atoms with Crippen LogP contribution in [0.2, 0.25) is 0 Å². The van der Waals surface area contributed by atoms with Gasteiger partial charge in [0.25, 0.3) is 0 Å². The number of fused-ring (bicyclic) bond motifs is 1. The molecule has 2 aromatic rings. The highest BCUT2D eigenvalue weighted by molar-refractivity contribution is 7.68. The SMILES string of the molecule is C[C@H](Cc1cnn2c(N)ncnc12)OCP(=O)(O)OP(=O)(O)OP(=O)(O)O. The van der Waals surface area contributed by atoms with Crippen LogP contribution in [0.1, 0.15) is 12.5 Å². The monoisotopic (exact) mass is 447 g/mol. The average Bonchev–Trinajstić information content (AvgIpc) is 2.86. The summed E-state index contributed by atoms with van der Waals surface area (Å²) in [5.74, 6) is 0.108. The molecular formula is C9H16N5O10P3. The molecule has 18 heteroatoms. The maximum atomic E-state index is 11.8. The normalized spacial score (nSPS) is 18.1. The second kappa shape index (κ2) is 8.02. The first-order chi connectivity index (χ1) is 12.3. The number of ether oxygens (including phenoxy) is 1. The molecule has 2 rings (SSSR count). The molecule has 2 heterocycles. The van der Waals surface area contributed by atoms with Crippen LogP contribution in [0.3, 0.4) is 0 Å². The van der Waals surface area contributed by atoms with Crippen LogP contribution < -0.4 is 5.73 Å². The van der Waals surface area contributed by atoms with Crippen molar-refractivity contribution in [3.8, 4) is 0 Å². The standard InChI is InChI=1S/C9H16N5O10P3/c1-6(2-7-3-13-14-8(7)11-4-12-9(14)10)22-5-25(15,16)23-27(20,21)24-26(17,18)19/h3-4,6H,2,5H2,1H3,(H,15,16)(H,20,21)(H2,10,11,12)(H2,17,18,19)/t6-/m1/s1. The van der Waals surface area contributed by atoms with Gasteiger partial charge in [0.05, 0.1) is 12.3 Å². The van der Waals surface area contributed by atoms with Gasteiger partial charge in [-0.3, -0.25) is 4.57 Å². The Hall–Kier alpha value is -1.24. The molecule has 0 aromatic carbocycles. The summed E-state index contributed by atoms with van der Waals surface area (Å²) in [4.78, 5) is 43.3. The molecule has 152 valence electrons. The van der Waals surface area contributed by atoms with E-state index in [0.717, 1.165) is 0 Å². The molecule has 0 amide bonds. The summed E-state index contributed by atoms with van der Waals surface area (Å²) in [6, 6.07) is 0. The van der Waals surface area contributed by atoms with Crippen LogP contribution in [-0.2, 0) is 33.5 Å². The van der Waals surface area contributed by atoms with Crippen LogP contribution in [0.25, 0.3) is 5.65 Å². The molecule has 15 nitrogen and oxygen atoms in total. The van der Waals surface area contributed by atoms with Crippen molar-refractivity contribution >= 4 is 34.8 Å². The Bertz CT molecular complexity index is 959. The van der Waals surface area contributed by atoms with E-state index in [1.165, 1.54) is 24.0 Å². The number of nitrogens with zero attached hydrogens (tertiary/aromatic N) is 4. The largest absolute Gasteiger partial charge is 0.488 e. The zero-order valence-electron chi connectivity index (χ0n) is 13.6. The number of phosphoric acid groups is 2. The Morgan fingerprint density at radius 3 is 2.48 bits per heavy atom. The van der Waals surface area contributed by atoms with Gasteiger partial charge in [0.1, 0.15) is 12.7 Å². The third kappa shape index (κ3) is 6.70. The molecule has 0 bridgehead atoms. The van der Waals surface area contributed by atoms with Crippen LogP contribution in [0.15, 0.2) is 12.5 Å². The minimum atomic E-state index is -5.49. The van der Waals surface area contributed by atoms with Crippen molar-refractivity contribution in [1.29, 1.82) is 0 Å². The lowest BCUT2D eigenvalue weighted by Crippen LogP contribution is -2.13. The lowest BCUT2D eigenvalue weighted by Gasteiger charge is -2.18. The average molecular weight is 447 g/mol. The Morgan fingerprint density at radius 1 is 1.19 bits per heavy atom. The van der Waals surface area contributed by atoms with E-state index in [4.69, 9.17) is 25.2 Å². The number of nitrogen functional groups attached to an aromatic ring is 1. The predicted octanol–water partition coefficient (Wildman–Crippen LogP) is 0.0233. The molecule has 0 aliphatic heterocycles. The van der Waals surface area contributed by atoms with Crippen molar-refractivity contribution in [3.63, 3.8) is 0 Å². The number of hydrogen-bond donors (Lipinski definition) is 5. The summed E-state index contributed by atoms with van der Waals surface area (Å²) in [6.07, 6.45) is 1.12. The Kier molecular flexibility index (Phi) is 6.55. The van der Waals surface area contributed by atoms with Gasteiger partial charge < -0.3 is 30.0 Å². The van der Waals surface area contributed by atoms with E-state index in [1.54, 1.807) is 0 Å². The molecule has 2 aromatic heterocycles. The molecule has 6 N–H and O–H groups in total. The lowest BCUT2D eigenvalue weighted by atomic mass is 10.2. The summed E-state index contributed by atoms with van der Waals surface area (Å²) in [5, 5.41) is 3.98. The maximum absolute atomic E-state index is 11.8. The van der Waals surface area contributed by atoms with Gasteiger partial charge in [-0.25, -0.2) is 23.4 Å². The van der Waals surface area contributed by atoms with Crippen molar-refractivity contribution in [2.75, 3.05) is 12.1 Å².